The number of rotatable bonds is 5. The van der Waals surface area contributed by atoms with E-state index >= 15 is 0 Å². The molecule has 1 fully saturated rings. The Bertz CT molecular complexity index is 223. The molecule has 0 bridgehead atoms. The molecule has 0 unspecified atom stereocenters. The number of carbonyl (C=O) groups is 1. The van der Waals surface area contributed by atoms with E-state index in [4.69, 9.17) is 4.74 Å². The smallest absolute Gasteiger partial charge is 0.220 e. The fraction of sp³-hybridized carbons (Fsp3) is 0.917. The van der Waals surface area contributed by atoms with Gasteiger partial charge in [-0.3, -0.25) is 9.69 Å². The van der Waals surface area contributed by atoms with Gasteiger partial charge in [-0.15, -0.1) is 0 Å². The van der Waals surface area contributed by atoms with Gasteiger partial charge in [0.2, 0.25) is 5.91 Å². The van der Waals surface area contributed by atoms with Crippen LogP contribution in [0.2, 0.25) is 0 Å². The number of morpholine rings is 1. The molecule has 0 aromatic heterocycles. The number of nitrogens with zero attached hydrogens (tertiary/aromatic N) is 1. The Morgan fingerprint density at radius 3 is 2.56 bits per heavy atom. The zero-order chi connectivity index (χ0) is 12.0. The molecule has 94 valence electrons. The van der Waals surface area contributed by atoms with Crippen molar-refractivity contribution in [3.05, 3.63) is 0 Å². The summed E-state index contributed by atoms with van der Waals surface area (Å²) in [7, 11) is 0. The van der Waals surface area contributed by atoms with Crippen molar-refractivity contribution in [2.75, 3.05) is 32.8 Å². The summed E-state index contributed by atoms with van der Waals surface area (Å²) in [4.78, 5) is 13.8. The highest BCUT2D eigenvalue weighted by Gasteiger charge is 2.28. The normalized spacial score (nSPS) is 18.4. The first kappa shape index (κ1) is 13.5. The molecule has 0 aliphatic carbocycles. The zero-order valence-corrected chi connectivity index (χ0v) is 10.7. The number of carbonyl (C=O) groups excluding carboxylic acids is 1. The monoisotopic (exact) mass is 228 g/mol. The van der Waals surface area contributed by atoms with E-state index in [1.54, 1.807) is 0 Å². The molecule has 1 rings (SSSR count). The van der Waals surface area contributed by atoms with Gasteiger partial charge in [-0.2, -0.15) is 0 Å². The van der Waals surface area contributed by atoms with Gasteiger partial charge in [0, 0.05) is 31.6 Å². The average molecular weight is 228 g/mol. The van der Waals surface area contributed by atoms with Crippen molar-refractivity contribution in [3.8, 4) is 0 Å². The van der Waals surface area contributed by atoms with E-state index in [2.05, 4.69) is 24.1 Å². The van der Waals surface area contributed by atoms with Gasteiger partial charge < -0.3 is 10.1 Å². The highest BCUT2D eigenvalue weighted by atomic mass is 16.5. The predicted molar refractivity (Wildman–Crippen MR) is 64.4 cm³/mol. The quantitative estimate of drug-likeness (QED) is 0.763. The van der Waals surface area contributed by atoms with E-state index in [0.717, 1.165) is 32.7 Å². The minimum absolute atomic E-state index is 0.0210. The molecule has 16 heavy (non-hydrogen) atoms. The van der Waals surface area contributed by atoms with Crippen LogP contribution in [0.25, 0.3) is 0 Å². The summed E-state index contributed by atoms with van der Waals surface area (Å²) in [5.74, 6) is 0.156. The van der Waals surface area contributed by atoms with Crippen molar-refractivity contribution >= 4 is 5.91 Å². The van der Waals surface area contributed by atoms with Gasteiger partial charge in [-0.25, -0.2) is 0 Å². The first-order valence-electron chi connectivity index (χ1n) is 6.16. The van der Waals surface area contributed by atoms with E-state index in [0.29, 0.717) is 13.0 Å². The van der Waals surface area contributed by atoms with Crippen LogP contribution in [0.1, 0.15) is 33.6 Å². The second kappa shape index (κ2) is 6.21. The van der Waals surface area contributed by atoms with Gasteiger partial charge in [-0.05, 0) is 20.3 Å². The molecule has 1 amide bonds. The average Bonchev–Trinajstić information content (AvgIpc) is 2.28. The molecule has 0 radical (unpaired) electrons. The summed E-state index contributed by atoms with van der Waals surface area (Å²) >= 11 is 0. The fourth-order valence-corrected chi connectivity index (χ4v) is 1.91. The van der Waals surface area contributed by atoms with Gasteiger partial charge in [0.1, 0.15) is 0 Å². The third kappa shape index (κ3) is 4.10. The molecular formula is C12H24N2O2. The van der Waals surface area contributed by atoms with Crippen LogP contribution < -0.4 is 5.32 Å². The summed E-state index contributed by atoms with van der Waals surface area (Å²) in [6, 6.07) is 0. The van der Waals surface area contributed by atoms with Crippen molar-refractivity contribution < 1.29 is 9.53 Å². The van der Waals surface area contributed by atoms with Crippen LogP contribution in [0, 0.1) is 0 Å². The Morgan fingerprint density at radius 1 is 1.38 bits per heavy atom. The van der Waals surface area contributed by atoms with Crippen LogP contribution in [0.3, 0.4) is 0 Å². The number of hydrogen-bond donors (Lipinski definition) is 1. The van der Waals surface area contributed by atoms with Crippen molar-refractivity contribution in [1.29, 1.82) is 0 Å². The third-order valence-corrected chi connectivity index (χ3v) is 3.06. The lowest BCUT2D eigenvalue weighted by Gasteiger charge is -2.40. The Morgan fingerprint density at radius 2 is 2.00 bits per heavy atom. The summed E-state index contributed by atoms with van der Waals surface area (Å²) in [6.07, 6.45) is 1.53. The van der Waals surface area contributed by atoms with Crippen molar-refractivity contribution in [2.45, 2.75) is 39.2 Å². The fourth-order valence-electron chi connectivity index (χ4n) is 1.91. The number of nitrogens with one attached hydrogen (secondary N) is 1. The summed E-state index contributed by atoms with van der Waals surface area (Å²) in [5, 5.41) is 3.00. The Kier molecular flexibility index (Phi) is 5.22. The topological polar surface area (TPSA) is 41.6 Å². The largest absolute Gasteiger partial charge is 0.379 e. The highest BCUT2D eigenvalue weighted by Crippen LogP contribution is 2.15. The molecule has 0 aromatic carbocycles. The first-order valence-corrected chi connectivity index (χ1v) is 6.16. The molecule has 1 saturated heterocycles. The molecule has 4 nitrogen and oxygen atoms in total. The van der Waals surface area contributed by atoms with E-state index in [1.807, 2.05) is 6.92 Å². The van der Waals surface area contributed by atoms with Gasteiger partial charge >= 0.3 is 0 Å². The lowest BCUT2D eigenvalue weighted by Crippen LogP contribution is -2.55. The number of hydrogen-bond acceptors (Lipinski definition) is 3. The number of amides is 1. The maximum atomic E-state index is 11.4. The summed E-state index contributed by atoms with van der Waals surface area (Å²) < 4.78 is 5.33. The molecule has 1 aliphatic heterocycles. The second-order valence-corrected chi connectivity index (χ2v) is 4.94. The molecule has 4 heteroatoms. The Labute approximate surface area is 98.3 Å². The van der Waals surface area contributed by atoms with Crippen LogP contribution in [0.4, 0.5) is 0 Å². The van der Waals surface area contributed by atoms with Gasteiger partial charge in [0.15, 0.2) is 0 Å². The maximum Gasteiger partial charge on any atom is 0.220 e. The van der Waals surface area contributed by atoms with Crippen molar-refractivity contribution in [1.82, 2.24) is 10.2 Å². The van der Waals surface area contributed by atoms with Crippen molar-refractivity contribution in [2.24, 2.45) is 0 Å². The van der Waals surface area contributed by atoms with Crippen LogP contribution >= 0.6 is 0 Å². The Hall–Kier alpha value is -0.610. The lowest BCUT2D eigenvalue weighted by atomic mass is 10.0. The van der Waals surface area contributed by atoms with Gasteiger partial charge in [0.05, 0.1) is 13.2 Å². The van der Waals surface area contributed by atoms with Crippen molar-refractivity contribution in [3.63, 3.8) is 0 Å². The molecule has 1 heterocycles. The Balaban J connectivity index is 2.34. The van der Waals surface area contributed by atoms with E-state index < -0.39 is 0 Å². The second-order valence-electron chi connectivity index (χ2n) is 4.94. The molecule has 0 atom stereocenters. The van der Waals surface area contributed by atoms with E-state index in [-0.39, 0.29) is 11.4 Å². The molecule has 0 saturated carbocycles. The molecule has 0 aromatic rings. The zero-order valence-electron chi connectivity index (χ0n) is 10.7. The number of ether oxygens (including phenoxy) is 1. The predicted octanol–water partition coefficient (Wildman–Crippen LogP) is 1.01. The SMILES string of the molecule is CCCC(=O)NCC(C)(C)N1CCOCC1. The van der Waals surface area contributed by atoms with E-state index in [1.165, 1.54) is 0 Å². The first-order chi connectivity index (χ1) is 7.56. The van der Waals surface area contributed by atoms with Crippen LogP contribution in [-0.2, 0) is 9.53 Å². The van der Waals surface area contributed by atoms with Gasteiger partial charge in [0.25, 0.3) is 0 Å². The summed E-state index contributed by atoms with van der Waals surface area (Å²) in [5.41, 5.74) is 0.0210. The van der Waals surface area contributed by atoms with Gasteiger partial charge in [-0.1, -0.05) is 6.92 Å². The minimum atomic E-state index is 0.0210. The molecule has 0 spiro atoms. The lowest BCUT2D eigenvalue weighted by molar-refractivity contribution is -0.121. The minimum Gasteiger partial charge on any atom is -0.379 e. The molecule has 1 N–H and O–H groups in total. The van der Waals surface area contributed by atoms with Crippen LogP contribution in [0.5, 0.6) is 0 Å². The highest BCUT2D eigenvalue weighted by molar-refractivity contribution is 5.75. The summed E-state index contributed by atoms with van der Waals surface area (Å²) in [6.45, 7) is 10.6. The molecule has 1 aliphatic rings. The molecular weight excluding hydrogens is 204 g/mol. The van der Waals surface area contributed by atoms with E-state index in [9.17, 15) is 4.79 Å². The third-order valence-electron chi connectivity index (χ3n) is 3.06. The standard InChI is InChI=1S/C12H24N2O2/c1-4-5-11(15)13-10-12(2,3)14-6-8-16-9-7-14/h4-10H2,1-3H3,(H,13,15). The van der Waals surface area contributed by atoms with Crippen LogP contribution in [-0.4, -0.2) is 49.2 Å². The maximum absolute atomic E-state index is 11.4. The van der Waals surface area contributed by atoms with Crippen LogP contribution in [0.15, 0.2) is 0 Å².